The highest BCUT2D eigenvalue weighted by molar-refractivity contribution is 5.79. The molecule has 1 aliphatic rings. The van der Waals surface area contributed by atoms with Crippen LogP contribution in [-0.4, -0.2) is 30.4 Å². The van der Waals surface area contributed by atoms with E-state index in [9.17, 15) is 4.79 Å². The van der Waals surface area contributed by atoms with Crippen molar-refractivity contribution in [1.82, 2.24) is 4.90 Å². The minimum Gasteiger partial charge on any atom is -0.342 e. The Hall–Kier alpha value is -0.830. The van der Waals surface area contributed by atoms with E-state index < -0.39 is 0 Å². The molecule has 2 N–H and O–H groups in total. The van der Waals surface area contributed by atoms with Gasteiger partial charge in [-0.05, 0) is 24.2 Å². The average Bonchev–Trinajstić information content (AvgIpc) is 2.26. The Morgan fingerprint density at radius 1 is 1.53 bits per heavy atom. The quantitative estimate of drug-likeness (QED) is 0.765. The monoisotopic (exact) mass is 238 g/mol. The molecule has 1 fully saturated rings. The Labute approximate surface area is 105 Å². The van der Waals surface area contributed by atoms with Crippen molar-refractivity contribution < 1.29 is 4.79 Å². The molecule has 3 atom stereocenters. The molecule has 98 valence electrons. The molecule has 1 amide bonds. The van der Waals surface area contributed by atoms with Crippen LogP contribution < -0.4 is 5.73 Å². The second-order valence-corrected chi connectivity index (χ2v) is 5.91. The van der Waals surface area contributed by atoms with Gasteiger partial charge in [0.15, 0.2) is 0 Å². The molecule has 0 bridgehead atoms. The van der Waals surface area contributed by atoms with Gasteiger partial charge >= 0.3 is 0 Å². The lowest BCUT2D eigenvalue weighted by Gasteiger charge is -2.46. The standard InChI is InChI=1S/C14H26N2O/c1-6-9-16(5)13(17)11-7-8-12(15)10(2)14(11,3)4/h6,10-12H,1,7-9,15H2,2-5H3. The molecule has 3 nitrogen and oxygen atoms in total. The number of hydrogen-bond acceptors (Lipinski definition) is 2. The fourth-order valence-corrected chi connectivity index (χ4v) is 2.84. The van der Waals surface area contributed by atoms with E-state index in [-0.39, 0.29) is 23.3 Å². The zero-order valence-electron chi connectivity index (χ0n) is 11.6. The van der Waals surface area contributed by atoms with Crippen molar-refractivity contribution in [3.05, 3.63) is 12.7 Å². The molecule has 0 aliphatic heterocycles. The first-order valence-corrected chi connectivity index (χ1v) is 6.43. The van der Waals surface area contributed by atoms with Gasteiger partial charge in [-0.25, -0.2) is 0 Å². The summed E-state index contributed by atoms with van der Waals surface area (Å²) < 4.78 is 0. The zero-order chi connectivity index (χ0) is 13.2. The minimum atomic E-state index is -0.0236. The van der Waals surface area contributed by atoms with Gasteiger partial charge in [0.25, 0.3) is 0 Å². The van der Waals surface area contributed by atoms with Crippen LogP contribution in [0.5, 0.6) is 0 Å². The smallest absolute Gasteiger partial charge is 0.226 e. The van der Waals surface area contributed by atoms with E-state index in [0.717, 1.165) is 12.8 Å². The summed E-state index contributed by atoms with van der Waals surface area (Å²) in [6, 6.07) is 0.221. The summed E-state index contributed by atoms with van der Waals surface area (Å²) >= 11 is 0. The van der Waals surface area contributed by atoms with Crippen LogP contribution in [0.3, 0.4) is 0 Å². The third kappa shape index (κ3) is 2.71. The Morgan fingerprint density at radius 3 is 2.65 bits per heavy atom. The summed E-state index contributed by atoms with van der Waals surface area (Å²) in [4.78, 5) is 14.2. The summed E-state index contributed by atoms with van der Waals surface area (Å²) in [5, 5.41) is 0. The van der Waals surface area contributed by atoms with Crippen LogP contribution in [-0.2, 0) is 4.79 Å². The third-order valence-corrected chi connectivity index (χ3v) is 4.58. The second kappa shape index (κ2) is 5.21. The molecular formula is C14H26N2O. The van der Waals surface area contributed by atoms with Gasteiger partial charge in [-0.1, -0.05) is 26.8 Å². The topological polar surface area (TPSA) is 46.3 Å². The summed E-state index contributed by atoms with van der Waals surface area (Å²) in [7, 11) is 1.85. The number of nitrogens with two attached hydrogens (primary N) is 1. The molecule has 0 radical (unpaired) electrons. The normalized spacial score (nSPS) is 31.9. The highest BCUT2D eigenvalue weighted by Crippen LogP contribution is 2.44. The number of amides is 1. The van der Waals surface area contributed by atoms with E-state index >= 15 is 0 Å². The zero-order valence-corrected chi connectivity index (χ0v) is 11.6. The van der Waals surface area contributed by atoms with Gasteiger partial charge in [0.05, 0.1) is 0 Å². The predicted octanol–water partition coefficient (Wildman–Crippen LogP) is 2.03. The van der Waals surface area contributed by atoms with Crippen molar-refractivity contribution in [1.29, 1.82) is 0 Å². The Kier molecular flexibility index (Phi) is 4.36. The van der Waals surface area contributed by atoms with Crippen LogP contribution in [0.4, 0.5) is 0 Å². The number of likely N-dealkylation sites (N-methyl/N-ethyl adjacent to an activating group) is 1. The summed E-state index contributed by atoms with van der Waals surface area (Å²) in [6.07, 6.45) is 3.62. The van der Waals surface area contributed by atoms with E-state index in [1.807, 2.05) is 7.05 Å². The lowest BCUT2D eigenvalue weighted by atomic mass is 9.61. The van der Waals surface area contributed by atoms with Gasteiger partial charge in [0.2, 0.25) is 5.91 Å². The second-order valence-electron chi connectivity index (χ2n) is 5.91. The number of rotatable bonds is 3. The van der Waals surface area contributed by atoms with Gasteiger partial charge in [-0.3, -0.25) is 4.79 Å². The first-order valence-electron chi connectivity index (χ1n) is 6.43. The van der Waals surface area contributed by atoms with Crippen LogP contribution in [0.25, 0.3) is 0 Å². The average molecular weight is 238 g/mol. The highest BCUT2D eigenvalue weighted by atomic mass is 16.2. The maximum Gasteiger partial charge on any atom is 0.226 e. The van der Waals surface area contributed by atoms with Gasteiger partial charge in [-0.15, -0.1) is 6.58 Å². The number of carbonyl (C=O) groups is 1. The maximum atomic E-state index is 12.4. The van der Waals surface area contributed by atoms with Crippen molar-refractivity contribution in [2.24, 2.45) is 23.0 Å². The number of hydrogen-bond donors (Lipinski definition) is 1. The van der Waals surface area contributed by atoms with Crippen LogP contribution >= 0.6 is 0 Å². The van der Waals surface area contributed by atoms with Gasteiger partial charge in [0.1, 0.15) is 0 Å². The van der Waals surface area contributed by atoms with E-state index in [2.05, 4.69) is 27.4 Å². The molecule has 1 aliphatic carbocycles. The Bertz CT molecular complexity index is 299. The predicted molar refractivity (Wildman–Crippen MR) is 71.5 cm³/mol. The van der Waals surface area contributed by atoms with Gasteiger partial charge in [-0.2, -0.15) is 0 Å². The van der Waals surface area contributed by atoms with Crippen LogP contribution in [0.1, 0.15) is 33.6 Å². The van der Waals surface area contributed by atoms with Crippen molar-refractivity contribution >= 4 is 5.91 Å². The van der Waals surface area contributed by atoms with Crippen LogP contribution in [0.2, 0.25) is 0 Å². The number of nitrogens with zero attached hydrogens (tertiary/aromatic N) is 1. The molecule has 0 spiro atoms. The Balaban J connectivity index is 2.83. The van der Waals surface area contributed by atoms with Crippen molar-refractivity contribution in [3.8, 4) is 0 Å². The summed E-state index contributed by atoms with van der Waals surface area (Å²) in [5.74, 6) is 0.693. The van der Waals surface area contributed by atoms with Gasteiger partial charge in [0, 0.05) is 25.6 Å². The first kappa shape index (κ1) is 14.2. The molecule has 0 aromatic heterocycles. The SMILES string of the molecule is C=CCN(C)C(=O)C1CCC(N)C(C)C1(C)C. The van der Waals surface area contributed by atoms with Crippen LogP contribution in [0.15, 0.2) is 12.7 Å². The molecular weight excluding hydrogens is 212 g/mol. The largest absolute Gasteiger partial charge is 0.342 e. The summed E-state index contributed by atoms with van der Waals surface area (Å²) in [5.41, 5.74) is 6.09. The molecule has 0 saturated heterocycles. The highest BCUT2D eigenvalue weighted by Gasteiger charge is 2.45. The molecule has 1 saturated carbocycles. The van der Waals surface area contributed by atoms with E-state index in [1.165, 1.54) is 0 Å². The van der Waals surface area contributed by atoms with Gasteiger partial charge < -0.3 is 10.6 Å². The molecule has 1 rings (SSSR count). The molecule has 0 heterocycles. The van der Waals surface area contributed by atoms with E-state index in [0.29, 0.717) is 12.5 Å². The fraction of sp³-hybridized carbons (Fsp3) is 0.786. The van der Waals surface area contributed by atoms with E-state index in [1.54, 1.807) is 11.0 Å². The van der Waals surface area contributed by atoms with Crippen molar-refractivity contribution in [2.45, 2.75) is 39.7 Å². The van der Waals surface area contributed by atoms with Crippen molar-refractivity contribution in [3.63, 3.8) is 0 Å². The third-order valence-electron chi connectivity index (χ3n) is 4.58. The van der Waals surface area contributed by atoms with Crippen molar-refractivity contribution in [2.75, 3.05) is 13.6 Å². The van der Waals surface area contributed by atoms with E-state index in [4.69, 9.17) is 5.73 Å². The maximum absolute atomic E-state index is 12.4. The lowest BCUT2D eigenvalue weighted by Crippen LogP contribution is -2.51. The fourth-order valence-electron chi connectivity index (χ4n) is 2.84. The Morgan fingerprint density at radius 2 is 2.12 bits per heavy atom. The first-order chi connectivity index (χ1) is 7.82. The summed E-state index contributed by atoms with van der Waals surface area (Å²) in [6.45, 7) is 10.8. The molecule has 0 aromatic carbocycles. The molecule has 17 heavy (non-hydrogen) atoms. The minimum absolute atomic E-state index is 0.0236. The molecule has 3 heteroatoms. The number of carbonyl (C=O) groups excluding carboxylic acids is 1. The molecule has 3 unspecified atom stereocenters. The lowest BCUT2D eigenvalue weighted by molar-refractivity contribution is -0.141. The molecule has 0 aromatic rings. The van der Waals surface area contributed by atoms with Crippen LogP contribution in [0, 0.1) is 17.3 Å².